The summed E-state index contributed by atoms with van der Waals surface area (Å²) in [7, 11) is 0. The van der Waals surface area contributed by atoms with Crippen molar-refractivity contribution in [1.29, 1.82) is 0 Å². The van der Waals surface area contributed by atoms with Crippen LogP contribution in [0.4, 0.5) is 4.79 Å². The summed E-state index contributed by atoms with van der Waals surface area (Å²) in [6.07, 6.45) is 4.95. The standard InChI is InChI=1S/C14H24N2O3/c1-10-3-5-11(6-4-10)15-13(19)16-8-7-14(2,9-16)12(17)18/h10-11H,3-9H2,1-2H3,(H,15,19)(H,17,18). The fourth-order valence-corrected chi connectivity index (χ4v) is 2.98. The van der Waals surface area contributed by atoms with Crippen molar-refractivity contribution in [3.8, 4) is 0 Å². The predicted molar refractivity (Wildman–Crippen MR) is 71.9 cm³/mol. The molecule has 0 aromatic heterocycles. The lowest BCUT2D eigenvalue weighted by molar-refractivity contribution is -0.146. The summed E-state index contributed by atoms with van der Waals surface area (Å²) >= 11 is 0. The minimum absolute atomic E-state index is 0.0930. The Labute approximate surface area is 114 Å². The van der Waals surface area contributed by atoms with Gasteiger partial charge >= 0.3 is 12.0 Å². The lowest BCUT2D eigenvalue weighted by Gasteiger charge is -2.29. The quantitative estimate of drug-likeness (QED) is 0.805. The van der Waals surface area contributed by atoms with Crippen molar-refractivity contribution in [2.24, 2.45) is 11.3 Å². The second-order valence-corrected chi connectivity index (χ2v) is 6.44. The smallest absolute Gasteiger partial charge is 0.317 e. The third kappa shape index (κ3) is 3.19. The first-order valence-corrected chi connectivity index (χ1v) is 7.19. The van der Waals surface area contributed by atoms with Crippen molar-refractivity contribution < 1.29 is 14.7 Å². The molecule has 1 saturated carbocycles. The molecule has 0 radical (unpaired) electrons. The van der Waals surface area contributed by atoms with Gasteiger partial charge in [-0.15, -0.1) is 0 Å². The Balaban J connectivity index is 1.83. The Morgan fingerprint density at radius 2 is 1.89 bits per heavy atom. The van der Waals surface area contributed by atoms with Crippen LogP contribution in [0.3, 0.4) is 0 Å². The fraction of sp³-hybridized carbons (Fsp3) is 0.857. The van der Waals surface area contributed by atoms with Crippen LogP contribution >= 0.6 is 0 Å². The largest absolute Gasteiger partial charge is 0.481 e. The summed E-state index contributed by atoms with van der Waals surface area (Å²) in [6.45, 7) is 4.82. The number of amides is 2. The zero-order valence-electron chi connectivity index (χ0n) is 11.8. The van der Waals surface area contributed by atoms with E-state index in [4.69, 9.17) is 5.11 Å². The van der Waals surface area contributed by atoms with Gasteiger partial charge in [-0.3, -0.25) is 4.79 Å². The molecule has 2 fully saturated rings. The zero-order valence-corrected chi connectivity index (χ0v) is 11.8. The summed E-state index contributed by atoms with van der Waals surface area (Å²) in [5.41, 5.74) is -0.779. The van der Waals surface area contributed by atoms with Gasteiger partial charge in [0.15, 0.2) is 0 Å². The van der Waals surface area contributed by atoms with Crippen molar-refractivity contribution in [1.82, 2.24) is 10.2 Å². The van der Waals surface area contributed by atoms with Crippen LogP contribution in [0.5, 0.6) is 0 Å². The van der Waals surface area contributed by atoms with Crippen LogP contribution < -0.4 is 5.32 Å². The highest BCUT2D eigenvalue weighted by atomic mass is 16.4. The van der Waals surface area contributed by atoms with Gasteiger partial charge in [0.25, 0.3) is 0 Å². The molecule has 108 valence electrons. The first-order chi connectivity index (χ1) is 8.90. The Morgan fingerprint density at radius 1 is 1.26 bits per heavy atom. The predicted octanol–water partition coefficient (Wildman–Crippen LogP) is 2.07. The highest BCUT2D eigenvalue weighted by molar-refractivity contribution is 5.79. The molecule has 1 aliphatic heterocycles. The summed E-state index contributed by atoms with van der Waals surface area (Å²) in [5.74, 6) is -0.0514. The number of nitrogens with one attached hydrogen (secondary N) is 1. The number of carbonyl (C=O) groups is 2. The summed E-state index contributed by atoms with van der Waals surface area (Å²) in [4.78, 5) is 24.9. The van der Waals surface area contributed by atoms with E-state index in [1.807, 2.05) is 0 Å². The topological polar surface area (TPSA) is 69.6 Å². The average molecular weight is 268 g/mol. The van der Waals surface area contributed by atoms with Gasteiger partial charge in [-0.1, -0.05) is 6.92 Å². The number of carboxylic acids is 1. The fourth-order valence-electron chi connectivity index (χ4n) is 2.98. The second-order valence-electron chi connectivity index (χ2n) is 6.44. The summed E-state index contributed by atoms with van der Waals surface area (Å²) in [6, 6.07) is 0.171. The Bertz CT molecular complexity index is 364. The van der Waals surface area contributed by atoms with Gasteiger partial charge in [-0.2, -0.15) is 0 Å². The van der Waals surface area contributed by atoms with Crippen molar-refractivity contribution in [2.75, 3.05) is 13.1 Å². The monoisotopic (exact) mass is 268 g/mol. The van der Waals surface area contributed by atoms with Crippen LogP contribution in [0, 0.1) is 11.3 Å². The van der Waals surface area contributed by atoms with E-state index in [0.717, 1.165) is 31.6 Å². The third-order valence-electron chi connectivity index (χ3n) is 4.62. The van der Waals surface area contributed by atoms with Gasteiger partial charge in [-0.05, 0) is 44.9 Å². The van der Waals surface area contributed by atoms with Crippen molar-refractivity contribution >= 4 is 12.0 Å². The molecule has 1 saturated heterocycles. The van der Waals surface area contributed by atoms with E-state index < -0.39 is 11.4 Å². The maximum Gasteiger partial charge on any atom is 0.317 e. The van der Waals surface area contributed by atoms with E-state index in [1.165, 1.54) is 0 Å². The highest BCUT2D eigenvalue weighted by Gasteiger charge is 2.42. The van der Waals surface area contributed by atoms with E-state index in [0.29, 0.717) is 19.5 Å². The zero-order chi connectivity index (χ0) is 14.0. The molecule has 2 aliphatic rings. The van der Waals surface area contributed by atoms with Crippen molar-refractivity contribution in [3.63, 3.8) is 0 Å². The molecule has 0 bridgehead atoms. The van der Waals surface area contributed by atoms with Gasteiger partial charge in [-0.25, -0.2) is 4.79 Å². The number of hydrogen-bond acceptors (Lipinski definition) is 2. The van der Waals surface area contributed by atoms with Gasteiger partial charge in [0.2, 0.25) is 0 Å². The third-order valence-corrected chi connectivity index (χ3v) is 4.62. The summed E-state index contributed by atoms with van der Waals surface area (Å²) < 4.78 is 0. The normalized spacial score (nSPS) is 35.2. The molecule has 2 rings (SSSR count). The molecule has 5 heteroatoms. The molecule has 1 atom stereocenters. The number of hydrogen-bond donors (Lipinski definition) is 2. The minimum Gasteiger partial charge on any atom is -0.481 e. The van der Waals surface area contributed by atoms with Crippen LogP contribution in [-0.2, 0) is 4.79 Å². The molecule has 5 nitrogen and oxygen atoms in total. The van der Waals surface area contributed by atoms with Gasteiger partial charge in [0, 0.05) is 19.1 Å². The average Bonchev–Trinajstić information content (AvgIpc) is 2.76. The molecular weight excluding hydrogens is 244 g/mol. The molecule has 2 N–H and O–H groups in total. The Hall–Kier alpha value is -1.26. The van der Waals surface area contributed by atoms with Crippen LogP contribution in [-0.4, -0.2) is 41.1 Å². The van der Waals surface area contributed by atoms with Crippen LogP contribution in [0.15, 0.2) is 0 Å². The van der Waals surface area contributed by atoms with E-state index in [9.17, 15) is 9.59 Å². The van der Waals surface area contributed by atoms with E-state index in [1.54, 1.807) is 11.8 Å². The Morgan fingerprint density at radius 3 is 2.42 bits per heavy atom. The molecule has 1 aliphatic carbocycles. The number of rotatable bonds is 2. The molecule has 1 heterocycles. The maximum absolute atomic E-state index is 12.1. The highest BCUT2D eigenvalue weighted by Crippen LogP contribution is 2.30. The number of urea groups is 1. The van der Waals surface area contributed by atoms with E-state index in [2.05, 4.69) is 12.2 Å². The van der Waals surface area contributed by atoms with Crippen LogP contribution in [0.2, 0.25) is 0 Å². The van der Waals surface area contributed by atoms with Crippen molar-refractivity contribution in [3.05, 3.63) is 0 Å². The van der Waals surface area contributed by atoms with E-state index >= 15 is 0 Å². The minimum atomic E-state index is -0.811. The van der Waals surface area contributed by atoms with Crippen molar-refractivity contribution in [2.45, 2.75) is 52.0 Å². The number of carbonyl (C=O) groups excluding carboxylic acids is 1. The molecule has 1 unspecified atom stereocenters. The lowest BCUT2D eigenvalue weighted by Crippen LogP contribution is -2.46. The molecule has 0 aromatic carbocycles. The van der Waals surface area contributed by atoms with Gasteiger partial charge in [0.1, 0.15) is 0 Å². The van der Waals surface area contributed by atoms with Crippen LogP contribution in [0.1, 0.15) is 46.0 Å². The molecule has 2 amide bonds. The molecule has 0 spiro atoms. The number of aliphatic carboxylic acids is 1. The molecular formula is C14H24N2O3. The summed E-state index contributed by atoms with van der Waals surface area (Å²) in [5, 5.41) is 12.2. The first-order valence-electron chi connectivity index (χ1n) is 7.19. The second kappa shape index (κ2) is 5.39. The van der Waals surface area contributed by atoms with E-state index in [-0.39, 0.29) is 12.1 Å². The number of nitrogens with zero attached hydrogens (tertiary/aromatic N) is 1. The van der Waals surface area contributed by atoms with Gasteiger partial charge < -0.3 is 15.3 Å². The molecule has 0 aromatic rings. The van der Waals surface area contributed by atoms with Gasteiger partial charge in [0.05, 0.1) is 5.41 Å². The lowest BCUT2D eigenvalue weighted by atomic mass is 9.87. The number of likely N-dealkylation sites (tertiary alicyclic amines) is 1. The SMILES string of the molecule is CC1CCC(NC(=O)N2CCC(C)(C(=O)O)C2)CC1. The first kappa shape index (κ1) is 14.2. The molecule has 19 heavy (non-hydrogen) atoms. The Kier molecular flexibility index (Phi) is 4.02. The maximum atomic E-state index is 12.1. The number of carboxylic acid groups (broad SMARTS) is 1. The van der Waals surface area contributed by atoms with Crippen LogP contribution in [0.25, 0.3) is 0 Å².